The lowest BCUT2D eigenvalue weighted by molar-refractivity contribution is 0.544. The van der Waals surface area contributed by atoms with Crippen molar-refractivity contribution in [2.24, 2.45) is 0 Å². The maximum atomic E-state index is 3.31. The number of benzene rings is 1. The van der Waals surface area contributed by atoms with Gasteiger partial charge in [0.25, 0.3) is 0 Å². The highest BCUT2D eigenvalue weighted by molar-refractivity contribution is 5.45. The average molecular weight is 192 g/mol. The summed E-state index contributed by atoms with van der Waals surface area (Å²) in [5.41, 5.74) is 1.28. The second-order valence-electron chi connectivity index (χ2n) is 3.61. The first kappa shape index (κ1) is 11.1. The molecule has 1 unspecified atom stereocenters. The highest BCUT2D eigenvalue weighted by atomic mass is 15.1. The summed E-state index contributed by atoms with van der Waals surface area (Å²) in [7, 11) is 4.16. The van der Waals surface area contributed by atoms with Gasteiger partial charge in [0.15, 0.2) is 0 Å². The summed E-state index contributed by atoms with van der Waals surface area (Å²) in [6.07, 6.45) is 1.16. The predicted octanol–water partition coefficient (Wildman–Crippen LogP) is 2.12. The smallest absolute Gasteiger partial charge is 0.0364 e. The summed E-state index contributed by atoms with van der Waals surface area (Å²) >= 11 is 0. The zero-order valence-corrected chi connectivity index (χ0v) is 9.33. The maximum Gasteiger partial charge on any atom is 0.0364 e. The van der Waals surface area contributed by atoms with Gasteiger partial charge in [-0.05, 0) is 25.6 Å². The van der Waals surface area contributed by atoms with Gasteiger partial charge in [-0.15, -0.1) is 0 Å². The number of hydrogen-bond donors (Lipinski definition) is 1. The monoisotopic (exact) mass is 192 g/mol. The van der Waals surface area contributed by atoms with E-state index >= 15 is 0 Å². The second kappa shape index (κ2) is 5.66. The third kappa shape index (κ3) is 3.04. The lowest BCUT2D eigenvalue weighted by Crippen LogP contribution is -2.37. The number of nitrogens with one attached hydrogen (secondary N) is 1. The standard InChI is InChI=1S/C12H20N2/c1-4-11(13-2)10-14(3)12-8-6-5-7-9-12/h5-9,11,13H,4,10H2,1-3H3. The highest BCUT2D eigenvalue weighted by Crippen LogP contribution is 2.11. The van der Waals surface area contributed by atoms with E-state index in [1.165, 1.54) is 5.69 Å². The second-order valence-corrected chi connectivity index (χ2v) is 3.61. The molecule has 0 aliphatic rings. The summed E-state index contributed by atoms with van der Waals surface area (Å²) in [5.74, 6) is 0. The van der Waals surface area contributed by atoms with Gasteiger partial charge in [-0.1, -0.05) is 25.1 Å². The third-order valence-corrected chi connectivity index (χ3v) is 2.59. The Morgan fingerprint density at radius 3 is 2.43 bits per heavy atom. The Labute approximate surface area is 86.9 Å². The summed E-state index contributed by atoms with van der Waals surface area (Å²) in [6.45, 7) is 3.26. The van der Waals surface area contributed by atoms with Crippen LogP contribution in [0.25, 0.3) is 0 Å². The molecular weight excluding hydrogens is 172 g/mol. The molecule has 1 rings (SSSR count). The van der Waals surface area contributed by atoms with Gasteiger partial charge in [0, 0.05) is 25.3 Å². The molecule has 1 atom stereocenters. The van der Waals surface area contributed by atoms with E-state index in [2.05, 4.69) is 48.5 Å². The maximum absolute atomic E-state index is 3.31. The zero-order valence-electron chi connectivity index (χ0n) is 9.33. The lowest BCUT2D eigenvalue weighted by Gasteiger charge is -2.24. The van der Waals surface area contributed by atoms with Gasteiger partial charge in [-0.2, -0.15) is 0 Å². The van der Waals surface area contributed by atoms with Crippen molar-refractivity contribution in [3.05, 3.63) is 30.3 Å². The van der Waals surface area contributed by atoms with Crippen LogP contribution < -0.4 is 10.2 Å². The molecule has 0 aliphatic carbocycles. The topological polar surface area (TPSA) is 15.3 Å². The van der Waals surface area contributed by atoms with Gasteiger partial charge in [0.2, 0.25) is 0 Å². The van der Waals surface area contributed by atoms with E-state index in [1.807, 2.05) is 13.1 Å². The Morgan fingerprint density at radius 2 is 1.93 bits per heavy atom. The van der Waals surface area contributed by atoms with Crippen LogP contribution in [-0.4, -0.2) is 26.7 Å². The molecule has 2 heteroatoms. The van der Waals surface area contributed by atoms with Gasteiger partial charge in [-0.3, -0.25) is 0 Å². The molecule has 78 valence electrons. The number of rotatable bonds is 5. The fraction of sp³-hybridized carbons (Fsp3) is 0.500. The number of para-hydroxylation sites is 1. The van der Waals surface area contributed by atoms with E-state index in [0.29, 0.717) is 6.04 Å². The summed E-state index contributed by atoms with van der Waals surface area (Å²) < 4.78 is 0. The van der Waals surface area contributed by atoms with Gasteiger partial charge in [0.1, 0.15) is 0 Å². The van der Waals surface area contributed by atoms with Crippen molar-refractivity contribution in [1.82, 2.24) is 5.32 Å². The van der Waals surface area contributed by atoms with E-state index < -0.39 is 0 Å². The predicted molar refractivity (Wildman–Crippen MR) is 62.9 cm³/mol. The number of nitrogens with zero attached hydrogens (tertiary/aromatic N) is 1. The minimum atomic E-state index is 0.570. The molecule has 0 fully saturated rings. The molecular formula is C12H20N2. The molecule has 1 aromatic rings. The van der Waals surface area contributed by atoms with Crippen molar-refractivity contribution >= 4 is 5.69 Å². The Kier molecular flexibility index (Phi) is 4.47. The first-order valence-electron chi connectivity index (χ1n) is 5.21. The van der Waals surface area contributed by atoms with Crippen molar-refractivity contribution in [3.63, 3.8) is 0 Å². The van der Waals surface area contributed by atoms with E-state index in [-0.39, 0.29) is 0 Å². The zero-order chi connectivity index (χ0) is 10.4. The summed E-state index contributed by atoms with van der Waals surface area (Å²) in [6, 6.07) is 11.1. The Morgan fingerprint density at radius 1 is 1.29 bits per heavy atom. The quantitative estimate of drug-likeness (QED) is 0.768. The van der Waals surface area contributed by atoms with Crippen LogP contribution in [0.1, 0.15) is 13.3 Å². The Bertz CT molecular complexity index is 242. The first-order chi connectivity index (χ1) is 6.77. The van der Waals surface area contributed by atoms with Crippen molar-refractivity contribution in [3.8, 4) is 0 Å². The van der Waals surface area contributed by atoms with Gasteiger partial charge in [-0.25, -0.2) is 0 Å². The summed E-state index contributed by atoms with van der Waals surface area (Å²) in [4.78, 5) is 2.28. The molecule has 0 saturated carbocycles. The molecule has 1 N–H and O–H groups in total. The number of anilines is 1. The fourth-order valence-electron chi connectivity index (χ4n) is 1.54. The summed E-state index contributed by atoms with van der Waals surface area (Å²) in [5, 5.41) is 3.31. The SMILES string of the molecule is CCC(CN(C)c1ccccc1)NC. The molecule has 0 aromatic heterocycles. The fourth-order valence-corrected chi connectivity index (χ4v) is 1.54. The number of hydrogen-bond acceptors (Lipinski definition) is 2. The third-order valence-electron chi connectivity index (χ3n) is 2.59. The number of likely N-dealkylation sites (N-methyl/N-ethyl adjacent to an activating group) is 2. The van der Waals surface area contributed by atoms with E-state index in [1.54, 1.807) is 0 Å². The van der Waals surface area contributed by atoms with Gasteiger partial charge < -0.3 is 10.2 Å². The minimum absolute atomic E-state index is 0.570. The van der Waals surface area contributed by atoms with Crippen LogP contribution >= 0.6 is 0 Å². The highest BCUT2D eigenvalue weighted by Gasteiger charge is 2.06. The van der Waals surface area contributed by atoms with E-state index in [4.69, 9.17) is 0 Å². The molecule has 0 saturated heterocycles. The van der Waals surface area contributed by atoms with Crippen molar-refractivity contribution < 1.29 is 0 Å². The Hall–Kier alpha value is -1.02. The van der Waals surface area contributed by atoms with Crippen molar-refractivity contribution in [1.29, 1.82) is 0 Å². The van der Waals surface area contributed by atoms with Gasteiger partial charge in [0.05, 0.1) is 0 Å². The molecule has 0 amide bonds. The molecule has 2 nitrogen and oxygen atoms in total. The average Bonchev–Trinajstić information content (AvgIpc) is 2.26. The van der Waals surface area contributed by atoms with Crippen molar-refractivity contribution in [2.75, 3.05) is 25.5 Å². The molecule has 0 heterocycles. The Balaban J connectivity index is 2.54. The molecule has 0 spiro atoms. The minimum Gasteiger partial charge on any atom is -0.373 e. The van der Waals surface area contributed by atoms with Crippen LogP contribution in [-0.2, 0) is 0 Å². The molecule has 14 heavy (non-hydrogen) atoms. The van der Waals surface area contributed by atoms with E-state index in [0.717, 1.165) is 13.0 Å². The van der Waals surface area contributed by atoms with Crippen LogP contribution in [0.15, 0.2) is 30.3 Å². The van der Waals surface area contributed by atoms with Crippen LogP contribution in [0.3, 0.4) is 0 Å². The van der Waals surface area contributed by atoms with Crippen LogP contribution in [0, 0.1) is 0 Å². The van der Waals surface area contributed by atoms with Crippen LogP contribution in [0.2, 0.25) is 0 Å². The van der Waals surface area contributed by atoms with Gasteiger partial charge >= 0.3 is 0 Å². The molecule has 0 aliphatic heterocycles. The lowest BCUT2D eigenvalue weighted by atomic mass is 10.2. The molecule has 0 radical (unpaired) electrons. The van der Waals surface area contributed by atoms with Crippen LogP contribution in [0.4, 0.5) is 5.69 Å². The van der Waals surface area contributed by atoms with Crippen LogP contribution in [0.5, 0.6) is 0 Å². The molecule has 0 bridgehead atoms. The first-order valence-corrected chi connectivity index (χ1v) is 5.21. The normalized spacial score (nSPS) is 12.5. The molecule has 1 aromatic carbocycles. The van der Waals surface area contributed by atoms with Crippen molar-refractivity contribution in [2.45, 2.75) is 19.4 Å². The largest absolute Gasteiger partial charge is 0.373 e. The van der Waals surface area contributed by atoms with E-state index in [9.17, 15) is 0 Å².